The molecule has 0 saturated carbocycles. The van der Waals surface area contributed by atoms with Crippen LogP contribution in [0.3, 0.4) is 0 Å². The quantitative estimate of drug-likeness (QED) is 0.607. The molecule has 5 nitrogen and oxygen atoms in total. The molecule has 0 amide bonds. The van der Waals surface area contributed by atoms with Crippen LogP contribution in [0.5, 0.6) is 0 Å². The van der Waals surface area contributed by atoms with Gasteiger partial charge < -0.3 is 11.1 Å². The predicted molar refractivity (Wildman–Crippen MR) is 94.0 cm³/mol. The molecule has 2 heterocycles. The number of benzene rings is 2. The van der Waals surface area contributed by atoms with E-state index in [0.717, 1.165) is 16.7 Å². The highest BCUT2D eigenvalue weighted by molar-refractivity contribution is 5.85. The van der Waals surface area contributed by atoms with Crippen molar-refractivity contribution >= 4 is 33.9 Å². The molecular formula is C18H15N5. The van der Waals surface area contributed by atoms with E-state index >= 15 is 0 Å². The van der Waals surface area contributed by atoms with Crippen LogP contribution in [-0.4, -0.2) is 14.4 Å². The molecule has 0 radical (unpaired) electrons. The van der Waals surface area contributed by atoms with E-state index < -0.39 is 0 Å². The van der Waals surface area contributed by atoms with Crippen molar-refractivity contribution in [3.63, 3.8) is 0 Å². The lowest BCUT2D eigenvalue weighted by atomic mass is 10.3. The van der Waals surface area contributed by atoms with Gasteiger partial charge >= 0.3 is 0 Å². The van der Waals surface area contributed by atoms with E-state index in [9.17, 15) is 0 Å². The van der Waals surface area contributed by atoms with E-state index in [4.69, 9.17) is 5.73 Å². The minimum atomic E-state index is 0.384. The molecule has 2 aromatic carbocycles. The third kappa shape index (κ3) is 2.28. The molecule has 23 heavy (non-hydrogen) atoms. The van der Waals surface area contributed by atoms with Gasteiger partial charge in [-0.05, 0) is 24.3 Å². The fourth-order valence-electron chi connectivity index (χ4n) is 2.59. The number of nitrogen functional groups attached to an aromatic ring is 1. The Balaban J connectivity index is 1.81. The van der Waals surface area contributed by atoms with Crippen molar-refractivity contribution in [1.82, 2.24) is 14.4 Å². The average Bonchev–Trinajstić information content (AvgIpc) is 2.95. The van der Waals surface area contributed by atoms with Crippen LogP contribution in [0.25, 0.3) is 22.4 Å². The first-order valence-electron chi connectivity index (χ1n) is 7.27. The zero-order chi connectivity index (χ0) is 15.8. The maximum absolute atomic E-state index is 6.09. The number of nitrogens with two attached hydrogens (primary N) is 1. The second-order valence-corrected chi connectivity index (χ2v) is 5.28. The van der Waals surface area contributed by atoms with E-state index in [2.05, 4.69) is 21.9 Å². The van der Waals surface area contributed by atoms with Crippen molar-refractivity contribution in [1.29, 1.82) is 0 Å². The van der Waals surface area contributed by atoms with E-state index in [0.29, 0.717) is 22.9 Å². The fourth-order valence-corrected chi connectivity index (χ4v) is 2.59. The first kappa shape index (κ1) is 13.3. The van der Waals surface area contributed by atoms with Crippen molar-refractivity contribution < 1.29 is 0 Å². The minimum absolute atomic E-state index is 0.384. The summed E-state index contributed by atoms with van der Waals surface area (Å²) in [5.41, 5.74) is 10.9. The van der Waals surface area contributed by atoms with Crippen molar-refractivity contribution in [3.05, 3.63) is 73.1 Å². The normalized spacial score (nSPS) is 11.0. The van der Waals surface area contributed by atoms with Crippen LogP contribution < -0.4 is 11.1 Å². The van der Waals surface area contributed by atoms with Crippen LogP contribution >= 0.6 is 0 Å². The van der Waals surface area contributed by atoms with Gasteiger partial charge in [0.2, 0.25) is 0 Å². The van der Waals surface area contributed by atoms with Gasteiger partial charge in [0.05, 0.1) is 16.7 Å². The van der Waals surface area contributed by atoms with Gasteiger partial charge in [0.1, 0.15) is 5.69 Å². The van der Waals surface area contributed by atoms with E-state index in [1.54, 1.807) is 0 Å². The molecule has 4 aromatic rings. The summed E-state index contributed by atoms with van der Waals surface area (Å²) in [7, 11) is 0. The Hall–Kier alpha value is -3.34. The molecule has 0 aliphatic rings. The summed E-state index contributed by atoms with van der Waals surface area (Å²) in [6.45, 7) is 4.07. The van der Waals surface area contributed by atoms with Gasteiger partial charge in [0, 0.05) is 11.9 Å². The first-order chi connectivity index (χ1) is 11.2. The van der Waals surface area contributed by atoms with Crippen LogP contribution in [0, 0.1) is 0 Å². The van der Waals surface area contributed by atoms with Gasteiger partial charge in [-0.3, -0.25) is 4.40 Å². The summed E-state index contributed by atoms with van der Waals surface area (Å²) >= 11 is 0. The monoisotopic (exact) mass is 301 g/mol. The maximum Gasteiger partial charge on any atom is 0.180 e. The smallest absolute Gasteiger partial charge is 0.180 e. The maximum atomic E-state index is 6.09. The highest BCUT2D eigenvalue weighted by atomic mass is 15.1. The Morgan fingerprint density at radius 2 is 1.74 bits per heavy atom. The number of nitrogens with zero attached hydrogens (tertiary/aromatic N) is 3. The van der Waals surface area contributed by atoms with E-state index in [1.165, 1.54) is 0 Å². The molecule has 0 atom stereocenters. The minimum Gasteiger partial charge on any atom is -0.381 e. The summed E-state index contributed by atoms with van der Waals surface area (Å²) in [4.78, 5) is 8.95. The highest BCUT2D eigenvalue weighted by Gasteiger charge is 2.11. The number of imidazole rings is 1. The molecule has 0 saturated heterocycles. The first-order valence-corrected chi connectivity index (χ1v) is 7.27. The summed E-state index contributed by atoms with van der Waals surface area (Å²) in [6, 6.07) is 17.7. The second-order valence-electron chi connectivity index (χ2n) is 5.28. The van der Waals surface area contributed by atoms with Gasteiger partial charge in [-0.15, -0.1) is 0 Å². The standard InChI is InChI=1S/C18H15N5/c1-12(20-13-7-3-2-4-8-13)15-11-23-16-10-6-5-9-14(16)22-18(23)17(19)21-15/h2-11,20H,1H2,(H2,19,21). The molecule has 3 N–H and O–H groups in total. The number of fused-ring (bicyclic) bond motifs is 3. The largest absolute Gasteiger partial charge is 0.381 e. The summed E-state index contributed by atoms with van der Waals surface area (Å²) in [5.74, 6) is 0.384. The zero-order valence-corrected chi connectivity index (χ0v) is 12.4. The number of hydrogen-bond donors (Lipinski definition) is 2. The number of anilines is 2. The lowest BCUT2D eigenvalue weighted by Gasteiger charge is -2.10. The molecule has 5 heteroatoms. The Bertz CT molecular complexity index is 1020. The van der Waals surface area contributed by atoms with Crippen LogP contribution in [0.15, 0.2) is 67.4 Å². The number of hydrogen-bond acceptors (Lipinski definition) is 4. The predicted octanol–water partition coefficient (Wildman–Crippen LogP) is 3.55. The topological polar surface area (TPSA) is 68.2 Å². The fraction of sp³-hybridized carbons (Fsp3) is 0. The van der Waals surface area contributed by atoms with Crippen molar-refractivity contribution in [2.45, 2.75) is 0 Å². The molecule has 112 valence electrons. The summed E-state index contributed by atoms with van der Waals surface area (Å²) in [5, 5.41) is 3.24. The number of para-hydroxylation sites is 3. The van der Waals surface area contributed by atoms with E-state index in [1.807, 2.05) is 65.2 Å². The average molecular weight is 301 g/mol. The molecular weight excluding hydrogens is 286 g/mol. The SMILES string of the molecule is C=C(Nc1ccccc1)c1cn2c(nc3ccccc32)c(N)n1. The number of nitrogens with one attached hydrogen (secondary N) is 1. The third-order valence-electron chi connectivity index (χ3n) is 3.70. The van der Waals surface area contributed by atoms with Gasteiger partial charge in [-0.25, -0.2) is 9.97 Å². The lowest BCUT2D eigenvalue weighted by molar-refractivity contribution is 1.14. The summed E-state index contributed by atoms with van der Waals surface area (Å²) < 4.78 is 1.95. The van der Waals surface area contributed by atoms with Crippen molar-refractivity contribution in [2.75, 3.05) is 11.1 Å². The molecule has 0 bridgehead atoms. The van der Waals surface area contributed by atoms with Gasteiger partial charge in [0.15, 0.2) is 11.5 Å². The second kappa shape index (κ2) is 5.14. The van der Waals surface area contributed by atoms with Crippen LogP contribution in [0.1, 0.15) is 5.69 Å². The van der Waals surface area contributed by atoms with Crippen molar-refractivity contribution in [2.24, 2.45) is 0 Å². The van der Waals surface area contributed by atoms with Gasteiger partial charge in [-0.1, -0.05) is 36.9 Å². The molecule has 0 unspecified atom stereocenters. The Morgan fingerprint density at radius 3 is 2.57 bits per heavy atom. The zero-order valence-electron chi connectivity index (χ0n) is 12.4. The van der Waals surface area contributed by atoms with Gasteiger partial charge in [0.25, 0.3) is 0 Å². The van der Waals surface area contributed by atoms with Crippen LogP contribution in [-0.2, 0) is 0 Å². The highest BCUT2D eigenvalue weighted by Crippen LogP contribution is 2.23. The third-order valence-corrected chi connectivity index (χ3v) is 3.70. The molecule has 4 rings (SSSR count). The Labute approximate surface area is 133 Å². The molecule has 2 aromatic heterocycles. The van der Waals surface area contributed by atoms with Crippen LogP contribution in [0.4, 0.5) is 11.5 Å². The van der Waals surface area contributed by atoms with Crippen molar-refractivity contribution in [3.8, 4) is 0 Å². The van der Waals surface area contributed by atoms with Crippen LogP contribution in [0.2, 0.25) is 0 Å². The Morgan fingerprint density at radius 1 is 1.00 bits per heavy atom. The Kier molecular flexibility index (Phi) is 2.98. The molecule has 0 spiro atoms. The number of aromatic nitrogens is 3. The van der Waals surface area contributed by atoms with E-state index in [-0.39, 0.29) is 0 Å². The number of rotatable bonds is 3. The lowest BCUT2D eigenvalue weighted by Crippen LogP contribution is -2.05. The molecule has 0 aliphatic heterocycles. The molecule has 0 fully saturated rings. The molecule has 0 aliphatic carbocycles. The van der Waals surface area contributed by atoms with Gasteiger partial charge in [-0.2, -0.15) is 0 Å². The summed E-state index contributed by atoms with van der Waals surface area (Å²) in [6.07, 6.45) is 1.90.